The Morgan fingerprint density at radius 3 is 2.71 bits per heavy atom. The van der Waals surface area contributed by atoms with Crippen molar-refractivity contribution in [3.8, 4) is 0 Å². The van der Waals surface area contributed by atoms with Crippen molar-refractivity contribution in [2.24, 2.45) is 0 Å². The van der Waals surface area contributed by atoms with E-state index in [1.54, 1.807) is 6.20 Å². The van der Waals surface area contributed by atoms with Gasteiger partial charge in [-0.25, -0.2) is 0 Å². The first-order valence-electron chi connectivity index (χ1n) is 10.3. The van der Waals surface area contributed by atoms with Gasteiger partial charge in [0.1, 0.15) is 6.04 Å². The zero-order valence-corrected chi connectivity index (χ0v) is 16.5. The van der Waals surface area contributed by atoms with Crippen molar-refractivity contribution < 1.29 is 9.53 Å². The van der Waals surface area contributed by atoms with Crippen LogP contribution >= 0.6 is 0 Å². The second kappa shape index (κ2) is 8.84. The number of likely N-dealkylation sites (tertiary alicyclic amines) is 1. The van der Waals surface area contributed by atoms with Crippen LogP contribution in [0, 0.1) is 0 Å². The van der Waals surface area contributed by atoms with Gasteiger partial charge < -0.3 is 9.64 Å². The lowest BCUT2D eigenvalue weighted by Gasteiger charge is -2.39. The number of piperidine rings is 1. The van der Waals surface area contributed by atoms with Gasteiger partial charge in [-0.05, 0) is 36.5 Å². The Kier molecular flexibility index (Phi) is 6.02. The van der Waals surface area contributed by atoms with E-state index in [0.717, 1.165) is 51.0 Å². The first-order chi connectivity index (χ1) is 13.8. The fourth-order valence-electron chi connectivity index (χ4n) is 4.40. The maximum Gasteiger partial charge on any atom is 0.244 e. The number of nitrogens with zero attached hydrogens (tertiary/aromatic N) is 4. The van der Waals surface area contributed by atoms with Gasteiger partial charge in [0.2, 0.25) is 5.91 Å². The van der Waals surface area contributed by atoms with Crippen molar-refractivity contribution in [3.05, 3.63) is 47.5 Å². The summed E-state index contributed by atoms with van der Waals surface area (Å²) in [6, 6.07) is 3.65. The van der Waals surface area contributed by atoms with Crippen LogP contribution in [0.25, 0.3) is 0 Å². The van der Waals surface area contributed by atoms with E-state index in [1.807, 2.05) is 29.4 Å². The van der Waals surface area contributed by atoms with Gasteiger partial charge in [-0.1, -0.05) is 13.0 Å². The third-order valence-corrected chi connectivity index (χ3v) is 5.99. The fourth-order valence-corrected chi connectivity index (χ4v) is 4.40. The molecule has 2 aromatic rings. The molecule has 2 aliphatic rings. The number of aryl methyl sites for hydroxylation is 1. The summed E-state index contributed by atoms with van der Waals surface area (Å²) in [6.45, 7) is 6.62. The molecule has 0 aliphatic carbocycles. The molecule has 1 amide bonds. The highest BCUT2D eigenvalue weighted by Crippen LogP contribution is 2.31. The molecule has 2 saturated heterocycles. The minimum Gasteiger partial charge on any atom is -0.379 e. The third-order valence-electron chi connectivity index (χ3n) is 5.99. The van der Waals surface area contributed by atoms with Crippen molar-refractivity contribution in [2.75, 3.05) is 39.4 Å². The number of rotatable bonds is 5. The van der Waals surface area contributed by atoms with E-state index >= 15 is 0 Å². The molecule has 0 aromatic carbocycles. The number of aromatic nitrogens is 3. The maximum absolute atomic E-state index is 13.5. The minimum absolute atomic E-state index is 0.189. The van der Waals surface area contributed by atoms with E-state index in [4.69, 9.17) is 4.74 Å². The van der Waals surface area contributed by atoms with Gasteiger partial charge in [0.05, 0.1) is 19.4 Å². The number of nitrogens with one attached hydrogen (secondary N) is 1. The normalized spacial score (nSPS) is 20.2. The number of hydrogen-bond acceptors (Lipinski definition) is 5. The highest BCUT2D eigenvalue weighted by molar-refractivity contribution is 5.83. The Labute approximate surface area is 166 Å². The van der Waals surface area contributed by atoms with Crippen LogP contribution in [0.2, 0.25) is 0 Å². The molecule has 150 valence electrons. The molecule has 7 heteroatoms. The van der Waals surface area contributed by atoms with Crippen LogP contribution < -0.4 is 0 Å². The van der Waals surface area contributed by atoms with Gasteiger partial charge in [0.25, 0.3) is 0 Å². The predicted molar refractivity (Wildman–Crippen MR) is 106 cm³/mol. The van der Waals surface area contributed by atoms with E-state index in [2.05, 4.69) is 27.0 Å². The number of H-pyrrole nitrogens is 1. The van der Waals surface area contributed by atoms with Crippen molar-refractivity contribution in [2.45, 2.75) is 38.1 Å². The van der Waals surface area contributed by atoms with Crippen molar-refractivity contribution in [1.82, 2.24) is 25.0 Å². The standard InChI is InChI=1S/C21H29N5O2/c1-2-16-15-23-24-19(16)17-5-8-26(9-6-17)21(27)20(18-4-3-7-22-14-18)25-10-12-28-13-11-25/h3-4,7,14-15,17,20H,2,5-6,8-13H2,1H3,(H,23,24)/t20-/m0/s1. The lowest BCUT2D eigenvalue weighted by atomic mass is 9.90. The quantitative estimate of drug-likeness (QED) is 0.856. The largest absolute Gasteiger partial charge is 0.379 e. The van der Waals surface area contributed by atoms with Gasteiger partial charge in [-0.3, -0.25) is 19.8 Å². The van der Waals surface area contributed by atoms with Crippen LogP contribution in [0.3, 0.4) is 0 Å². The number of carbonyl (C=O) groups excluding carboxylic acids is 1. The Bertz CT molecular complexity index is 764. The average Bonchev–Trinajstić information content (AvgIpc) is 3.24. The maximum atomic E-state index is 13.5. The van der Waals surface area contributed by atoms with Crippen LogP contribution in [-0.4, -0.2) is 70.3 Å². The summed E-state index contributed by atoms with van der Waals surface area (Å²) in [6.07, 6.45) is 8.46. The lowest BCUT2D eigenvalue weighted by Crippen LogP contribution is -2.49. The van der Waals surface area contributed by atoms with E-state index < -0.39 is 0 Å². The molecule has 2 aromatic heterocycles. The van der Waals surface area contributed by atoms with Crippen molar-refractivity contribution in [1.29, 1.82) is 0 Å². The number of amides is 1. The summed E-state index contributed by atoms with van der Waals surface area (Å²) in [5.74, 6) is 0.649. The molecular weight excluding hydrogens is 354 g/mol. The summed E-state index contributed by atoms with van der Waals surface area (Å²) in [5, 5.41) is 7.41. The predicted octanol–water partition coefficient (Wildman–Crippen LogP) is 2.15. The van der Waals surface area contributed by atoms with Gasteiger partial charge in [0.15, 0.2) is 0 Å². The summed E-state index contributed by atoms with van der Waals surface area (Å²) in [7, 11) is 0. The Morgan fingerprint density at radius 1 is 1.25 bits per heavy atom. The molecule has 28 heavy (non-hydrogen) atoms. The first-order valence-corrected chi connectivity index (χ1v) is 10.3. The molecule has 0 radical (unpaired) electrons. The number of ether oxygens (including phenoxy) is 1. The topological polar surface area (TPSA) is 74.4 Å². The lowest BCUT2D eigenvalue weighted by molar-refractivity contribution is -0.140. The Hall–Kier alpha value is -2.25. The zero-order chi connectivity index (χ0) is 19.3. The van der Waals surface area contributed by atoms with Gasteiger partial charge in [-0.15, -0.1) is 0 Å². The summed E-state index contributed by atoms with van der Waals surface area (Å²) in [5.41, 5.74) is 3.52. The third kappa shape index (κ3) is 3.95. The van der Waals surface area contributed by atoms with Crippen LogP contribution in [0.1, 0.15) is 48.5 Å². The molecule has 4 heterocycles. The van der Waals surface area contributed by atoms with Crippen LogP contribution in [-0.2, 0) is 16.0 Å². The molecule has 0 saturated carbocycles. The molecule has 2 fully saturated rings. The Morgan fingerprint density at radius 2 is 2.04 bits per heavy atom. The Balaban J connectivity index is 1.47. The SMILES string of the molecule is CCc1cn[nH]c1C1CCN(C(=O)[C@H](c2cccnc2)N2CCOCC2)CC1. The van der Waals surface area contributed by atoms with E-state index in [1.165, 1.54) is 11.3 Å². The zero-order valence-electron chi connectivity index (χ0n) is 16.5. The summed E-state index contributed by atoms with van der Waals surface area (Å²) >= 11 is 0. The number of pyridine rings is 1. The number of morpholine rings is 1. The molecule has 2 aliphatic heterocycles. The second-order valence-electron chi connectivity index (χ2n) is 7.60. The van der Waals surface area contributed by atoms with Crippen molar-refractivity contribution in [3.63, 3.8) is 0 Å². The second-order valence-corrected chi connectivity index (χ2v) is 7.60. The van der Waals surface area contributed by atoms with Crippen LogP contribution in [0.5, 0.6) is 0 Å². The highest BCUT2D eigenvalue weighted by atomic mass is 16.5. The fraction of sp³-hybridized carbons (Fsp3) is 0.571. The first kappa shape index (κ1) is 19.1. The number of aromatic amines is 1. The van der Waals surface area contributed by atoms with Crippen LogP contribution in [0.15, 0.2) is 30.7 Å². The smallest absolute Gasteiger partial charge is 0.244 e. The van der Waals surface area contributed by atoms with Gasteiger partial charge in [0, 0.05) is 50.2 Å². The molecular formula is C21H29N5O2. The van der Waals surface area contributed by atoms with Crippen LogP contribution in [0.4, 0.5) is 0 Å². The average molecular weight is 383 g/mol. The molecule has 1 atom stereocenters. The monoisotopic (exact) mass is 383 g/mol. The minimum atomic E-state index is -0.271. The number of hydrogen-bond donors (Lipinski definition) is 1. The summed E-state index contributed by atoms with van der Waals surface area (Å²) < 4.78 is 5.50. The van der Waals surface area contributed by atoms with E-state index in [-0.39, 0.29) is 11.9 Å². The highest BCUT2D eigenvalue weighted by Gasteiger charge is 2.34. The molecule has 0 spiro atoms. The molecule has 1 N–H and O–H groups in total. The summed E-state index contributed by atoms with van der Waals surface area (Å²) in [4.78, 5) is 22.0. The molecule has 7 nitrogen and oxygen atoms in total. The molecule has 4 rings (SSSR count). The number of carbonyl (C=O) groups is 1. The van der Waals surface area contributed by atoms with E-state index in [9.17, 15) is 4.79 Å². The van der Waals surface area contributed by atoms with Crippen molar-refractivity contribution >= 4 is 5.91 Å². The van der Waals surface area contributed by atoms with E-state index in [0.29, 0.717) is 19.1 Å². The van der Waals surface area contributed by atoms with Gasteiger partial charge >= 0.3 is 0 Å². The van der Waals surface area contributed by atoms with Gasteiger partial charge in [-0.2, -0.15) is 5.10 Å². The molecule has 0 bridgehead atoms. The molecule has 0 unspecified atom stereocenters.